The Kier molecular flexibility index (Phi) is 4.83. The van der Waals surface area contributed by atoms with Crippen molar-refractivity contribution in [2.45, 2.75) is 25.7 Å². The lowest BCUT2D eigenvalue weighted by Gasteiger charge is -2.19. The van der Waals surface area contributed by atoms with Gasteiger partial charge in [-0.05, 0) is 37.1 Å². The summed E-state index contributed by atoms with van der Waals surface area (Å²) in [5.41, 5.74) is 0.851. The molecule has 3 rings (SSSR count). The largest absolute Gasteiger partial charge is 0.465 e. The predicted octanol–water partition coefficient (Wildman–Crippen LogP) is 1.59. The van der Waals surface area contributed by atoms with E-state index in [1.807, 2.05) is 0 Å². The zero-order valence-electron chi connectivity index (χ0n) is 14.0. The number of ether oxygens (including phenoxy) is 1. The summed E-state index contributed by atoms with van der Waals surface area (Å²) < 4.78 is 4.61. The minimum atomic E-state index is -0.464. The van der Waals surface area contributed by atoms with Gasteiger partial charge in [-0.3, -0.25) is 19.3 Å². The van der Waals surface area contributed by atoms with Crippen LogP contribution in [0.2, 0.25) is 0 Å². The molecule has 1 saturated carbocycles. The van der Waals surface area contributed by atoms with E-state index in [2.05, 4.69) is 10.1 Å². The number of hydrogen-bond donors (Lipinski definition) is 1. The zero-order chi connectivity index (χ0) is 18.0. The zero-order valence-corrected chi connectivity index (χ0v) is 14.0. The number of nitrogens with one attached hydrogen (secondary N) is 1. The molecule has 1 aliphatic carbocycles. The van der Waals surface area contributed by atoms with Crippen molar-refractivity contribution >= 4 is 29.4 Å². The van der Waals surface area contributed by atoms with Crippen LogP contribution in [0.15, 0.2) is 24.3 Å². The maximum Gasteiger partial charge on any atom is 0.337 e. The van der Waals surface area contributed by atoms with E-state index >= 15 is 0 Å². The van der Waals surface area contributed by atoms with E-state index in [4.69, 9.17) is 0 Å². The van der Waals surface area contributed by atoms with Gasteiger partial charge in [0.2, 0.25) is 17.7 Å². The SMILES string of the molecule is COC(=O)c1ccc(NC(=O)CN2C(=O)[C@@H]3CCCC[C@H]3C2=O)cc1. The highest BCUT2D eigenvalue weighted by molar-refractivity contribution is 6.08. The van der Waals surface area contributed by atoms with E-state index in [1.54, 1.807) is 12.1 Å². The maximum absolute atomic E-state index is 12.4. The van der Waals surface area contributed by atoms with Gasteiger partial charge in [0.25, 0.3) is 0 Å². The number of carbonyl (C=O) groups excluding carboxylic acids is 4. The van der Waals surface area contributed by atoms with Crippen LogP contribution in [0.25, 0.3) is 0 Å². The Morgan fingerprint density at radius 3 is 2.16 bits per heavy atom. The molecule has 1 heterocycles. The second-order valence-electron chi connectivity index (χ2n) is 6.38. The molecule has 2 aliphatic rings. The summed E-state index contributed by atoms with van der Waals surface area (Å²) >= 11 is 0. The number of benzene rings is 1. The third-order valence-electron chi connectivity index (χ3n) is 4.82. The van der Waals surface area contributed by atoms with E-state index in [-0.39, 0.29) is 30.2 Å². The smallest absolute Gasteiger partial charge is 0.337 e. The number of amides is 3. The predicted molar refractivity (Wildman–Crippen MR) is 88.6 cm³/mol. The molecular weight excluding hydrogens is 324 g/mol. The number of likely N-dealkylation sites (tertiary alicyclic amines) is 1. The van der Waals surface area contributed by atoms with Crippen LogP contribution in [0.4, 0.5) is 5.69 Å². The van der Waals surface area contributed by atoms with Gasteiger partial charge in [0, 0.05) is 5.69 Å². The Balaban J connectivity index is 1.61. The van der Waals surface area contributed by atoms with E-state index in [0.29, 0.717) is 11.3 Å². The fraction of sp³-hybridized carbons (Fsp3) is 0.444. The third-order valence-corrected chi connectivity index (χ3v) is 4.82. The van der Waals surface area contributed by atoms with Crippen LogP contribution in [0.3, 0.4) is 0 Å². The van der Waals surface area contributed by atoms with Gasteiger partial charge in [-0.1, -0.05) is 12.8 Å². The summed E-state index contributed by atoms with van der Waals surface area (Å²) in [5.74, 6) is -1.88. The highest BCUT2D eigenvalue weighted by atomic mass is 16.5. The van der Waals surface area contributed by atoms with E-state index in [0.717, 1.165) is 30.6 Å². The first-order valence-corrected chi connectivity index (χ1v) is 8.34. The molecule has 1 aromatic carbocycles. The second kappa shape index (κ2) is 7.04. The summed E-state index contributed by atoms with van der Waals surface area (Å²) in [6, 6.07) is 6.19. The molecule has 1 N–H and O–H groups in total. The summed E-state index contributed by atoms with van der Waals surface area (Å²) in [6.45, 7) is -0.274. The molecular formula is C18H20N2O5. The maximum atomic E-state index is 12.4. The van der Waals surface area contributed by atoms with Gasteiger partial charge in [0.05, 0.1) is 24.5 Å². The van der Waals surface area contributed by atoms with Gasteiger partial charge in [0.1, 0.15) is 6.54 Å². The number of imide groups is 1. The summed E-state index contributed by atoms with van der Waals surface area (Å²) in [7, 11) is 1.29. The number of rotatable bonds is 4. The topological polar surface area (TPSA) is 92.8 Å². The molecule has 1 aliphatic heterocycles. The van der Waals surface area contributed by atoms with E-state index in [1.165, 1.54) is 19.2 Å². The number of esters is 1. The monoisotopic (exact) mass is 344 g/mol. The van der Waals surface area contributed by atoms with Crippen LogP contribution in [0.1, 0.15) is 36.0 Å². The van der Waals surface area contributed by atoms with Crippen LogP contribution in [-0.4, -0.2) is 42.2 Å². The average molecular weight is 344 g/mol. The van der Waals surface area contributed by atoms with Crippen LogP contribution in [0, 0.1) is 11.8 Å². The first-order chi connectivity index (χ1) is 12.0. The molecule has 2 fully saturated rings. The number of fused-ring (bicyclic) bond motifs is 1. The highest BCUT2D eigenvalue weighted by Gasteiger charge is 2.48. The Hall–Kier alpha value is -2.70. The first kappa shape index (κ1) is 17.1. The lowest BCUT2D eigenvalue weighted by molar-refractivity contribution is -0.142. The molecule has 132 valence electrons. The van der Waals surface area contributed by atoms with Gasteiger partial charge >= 0.3 is 5.97 Å². The van der Waals surface area contributed by atoms with Crippen molar-refractivity contribution < 1.29 is 23.9 Å². The number of carbonyl (C=O) groups is 4. The molecule has 7 heteroatoms. The molecule has 1 saturated heterocycles. The summed E-state index contributed by atoms with van der Waals surface area (Å²) in [6.07, 6.45) is 3.35. The number of methoxy groups -OCH3 is 1. The molecule has 0 radical (unpaired) electrons. The number of anilines is 1. The van der Waals surface area contributed by atoms with Crippen molar-refractivity contribution in [3.05, 3.63) is 29.8 Å². The normalized spacial score (nSPS) is 22.5. The van der Waals surface area contributed by atoms with Crippen LogP contribution < -0.4 is 5.32 Å². The first-order valence-electron chi connectivity index (χ1n) is 8.34. The molecule has 0 bridgehead atoms. The lowest BCUT2D eigenvalue weighted by Crippen LogP contribution is -2.38. The van der Waals surface area contributed by atoms with E-state index < -0.39 is 11.9 Å². The molecule has 0 spiro atoms. The summed E-state index contributed by atoms with van der Waals surface area (Å²) in [5, 5.41) is 2.64. The lowest BCUT2D eigenvalue weighted by atomic mass is 9.81. The van der Waals surface area contributed by atoms with Crippen molar-refractivity contribution in [1.82, 2.24) is 4.90 Å². The van der Waals surface area contributed by atoms with Crippen LogP contribution in [-0.2, 0) is 19.1 Å². The van der Waals surface area contributed by atoms with Crippen molar-refractivity contribution in [3.8, 4) is 0 Å². The fourth-order valence-electron chi connectivity index (χ4n) is 3.54. The molecule has 3 amide bonds. The Labute approximate surface area is 145 Å². The minimum Gasteiger partial charge on any atom is -0.465 e. The van der Waals surface area contributed by atoms with Crippen molar-refractivity contribution in [2.24, 2.45) is 11.8 Å². The minimum absolute atomic E-state index is 0.231. The van der Waals surface area contributed by atoms with Crippen LogP contribution >= 0.6 is 0 Å². The van der Waals surface area contributed by atoms with Crippen molar-refractivity contribution in [2.75, 3.05) is 19.0 Å². The fourth-order valence-corrected chi connectivity index (χ4v) is 3.54. The molecule has 2 atom stereocenters. The standard InChI is InChI=1S/C18H20N2O5/c1-25-18(24)11-6-8-12(9-7-11)19-15(21)10-20-16(22)13-4-2-3-5-14(13)17(20)23/h6-9,13-14H,2-5,10H2,1H3,(H,19,21)/t13-,14-/m1/s1. The molecule has 0 aromatic heterocycles. The third kappa shape index (κ3) is 3.40. The highest BCUT2D eigenvalue weighted by Crippen LogP contribution is 2.37. The van der Waals surface area contributed by atoms with Gasteiger partial charge in [0.15, 0.2) is 0 Å². The van der Waals surface area contributed by atoms with Crippen molar-refractivity contribution in [1.29, 1.82) is 0 Å². The quantitative estimate of drug-likeness (QED) is 0.661. The molecule has 7 nitrogen and oxygen atoms in total. The number of nitrogens with zero attached hydrogens (tertiary/aromatic N) is 1. The second-order valence-corrected chi connectivity index (χ2v) is 6.38. The number of hydrogen-bond acceptors (Lipinski definition) is 5. The van der Waals surface area contributed by atoms with Gasteiger partial charge in [-0.2, -0.15) is 0 Å². The Bertz CT molecular complexity index is 689. The van der Waals surface area contributed by atoms with Gasteiger partial charge in [-0.15, -0.1) is 0 Å². The van der Waals surface area contributed by atoms with Crippen LogP contribution in [0.5, 0.6) is 0 Å². The Morgan fingerprint density at radius 2 is 1.64 bits per heavy atom. The molecule has 25 heavy (non-hydrogen) atoms. The van der Waals surface area contributed by atoms with Gasteiger partial charge in [-0.25, -0.2) is 4.79 Å². The Morgan fingerprint density at radius 1 is 1.08 bits per heavy atom. The molecule has 1 aromatic rings. The average Bonchev–Trinajstić information content (AvgIpc) is 2.87. The van der Waals surface area contributed by atoms with Gasteiger partial charge < -0.3 is 10.1 Å². The summed E-state index contributed by atoms with van der Waals surface area (Å²) in [4.78, 5) is 49.4. The van der Waals surface area contributed by atoms with E-state index in [9.17, 15) is 19.2 Å². The van der Waals surface area contributed by atoms with Crippen molar-refractivity contribution in [3.63, 3.8) is 0 Å². The molecule has 0 unspecified atom stereocenters.